The van der Waals surface area contributed by atoms with E-state index in [0.29, 0.717) is 12.7 Å². The molecule has 12 heavy (non-hydrogen) atoms. The first kappa shape index (κ1) is 11.6. The van der Waals surface area contributed by atoms with Crippen LogP contribution in [0.1, 0.15) is 33.6 Å². The summed E-state index contributed by atoms with van der Waals surface area (Å²) in [5, 5.41) is 8.89. The van der Waals surface area contributed by atoms with Gasteiger partial charge in [-0.3, -0.25) is 0 Å². The summed E-state index contributed by atoms with van der Waals surface area (Å²) in [6.45, 7) is 5.84. The SMILES string of the molecule is CCC(C)(C)C[C@](N)(C=O)CO. The predicted molar refractivity (Wildman–Crippen MR) is 48.8 cm³/mol. The van der Waals surface area contributed by atoms with Crippen LogP contribution in [0.2, 0.25) is 0 Å². The summed E-state index contributed by atoms with van der Waals surface area (Å²) in [6.07, 6.45) is 2.11. The molecule has 0 amide bonds. The Morgan fingerprint density at radius 3 is 2.25 bits per heavy atom. The summed E-state index contributed by atoms with van der Waals surface area (Å²) in [7, 11) is 0. The molecule has 0 radical (unpaired) electrons. The fraction of sp³-hybridized carbons (Fsp3) is 0.889. The molecule has 0 rings (SSSR count). The highest BCUT2D eigenvalue weighted by Gasteiger charge is 2.31. The molecule has 0 spiro atoms. The van der Waals surface area contributed by atoms with Gasteiger partial charge in [-0.15, -0.1) is 0 Å². The van der Waals surface area contributed by atoms with Gasteiger partial charge in [0, 0.05) is 0 Å². The number of aldehydes is 1. The Labute approximate surface area is 74.0 Å². The Balaban J connectivity index is 4.29. The van der Waals surface area contributed by atoms with Gasteiger partial charge in [0.05, 0.1) is 12.1 Å². The minimum atomic E-state index is -1.06. The van der Waals surface area contributed by atoms with E-state index in [1.165, 1.54) is 0 Å². The van der Waals surface area contributed by atoms with Gasteiger partial charge in [-0.25, -0.2) is 0 Å². The van der Waals surface area contributed by atoms with E-state index in [9.17, 15) is 4.79 Å². The van der Waals surface area contributed by atoms with E-state index in [0.717, 1.165) is 6.42 Å². The van der Waals surface area contributed by atoms with Crippen LogP contribution in [0.5, 0.6) is 0 Å². The Morgan fingerprint density at radius 2 is 2.00 bits per heavy atom. The molecule has 3 heteroatoms. The summed E-state index contributed by atoms with van der Waals surface area (Å²) < 4.78 is 0. The highest BCUT2D eigenvalue weighted by molar-refractivity contribution is 5.64. The third kappa shape index (κ3) is 3.32. The van der Waals surface area contributed by atoms with Crippen LogP contribution in [0.4, 0.5) is 0 Å². The first-order valence-electron chi connectivity index (χ1n) is 4.25. The second-order valence-corrected chi connectivity index (χ2v) is 4.20. The summed E-state index contributed by atoms with van der Waals surface area (Å²) in [5.74, 6) is 0. The Morgan fingerprint density at radius 1 is 1.50 bits per heavy atom. The van der Waals surface area contributed by atoms with Gasteiger partial charge in [-0.05, 0) is 11.8 Å². The monoisotopic (exact) mass is 173 g/mol. The number of carbonyl (C=O) groups is 1. The van der Waals surface area contributed by atoms with Crippen LogP contribution < -0.4 is 5.73 Å². The zero-order valence-electron chi connectivity index (χ0n) is 8.13. The van der Waals surface area contributed by atoms with Gasteiger partial charge in [-0.2, -0.15) is 0 Å². The predicted octanol–water partition coefficient (Wildman–Crippen LogP) is 0.701. The molecule has 0 aromatic carbocycles. The summed E-state index contributed by atoms with van der Waals surface area (Å²) >= 11 is 0. The second kappa shape index (κ2) is 4.01. The highest BCUT2D eigenvalue weighted by atomic mass is 16.3. The molecule has 0 unspecified atom stereocenters. The minimum absolute atomic E-state index is 0.0123. The number of rotatable bonds is 5. The molecule has 0 aliphatic carbocycles. The van der Waals surface area contributed by atoms with Crippen molar-refractivity contribution in [3.05, 3.63) is 0 Å². The van der Waals surface area contributed by atoms with Crippen LogP contribution in [-0.4, -0.2) is 23.5 Å². The molecular formula is C9H19NO2. The molecule has 0 aromatic rings. The smallest absolute Gasteiger partial charge is 0.142 e. The van der Waals surface area contributed by atoms with Gasteiger partial charge >= 0.3 is 0 Å². The van der Waals surface area contributed by atoms with Crippen LogP contribution in [0, 0.1) is 5.41 Å². The highest BCUT2D eigenvalue weighted by Crippen LogP contribution is 2.28. The maximum absolute atomic E-state index is 10.6. The lowest BCUT2D eigenvalue weighted by atomic mass is 9.78. The summed E-state index contributed by atoms with van der Waals surface area (Å²) in [4.78, 5) is 10.6. The van der Waals surface area contributed by atoms with Crippen LogP contribution in [0.25, 0.3) is 0 Å². The first-order chi connectivity index (χ1) is 5.39. The quantitative estimate of drug-likeness (QED) is 0.601. The van der Waals surface area contributed by atoms with Gasteiger partial charge in [0.15, 0.2) is 0 Å². The van der Waals surface area contributed by atoms with Crippen molar-refractivity contribution in [2.75, 3.05) is 6.61 Å². The van der Waals surface area contributed by atoms with Crippen molar-refractivity contribution in [3.8, 4) is 0 Å². The van der Waals surface area contributed by atoms with Crippen LogP contribution in [-0.2, 0) is 4.79 Å². The van der Waals surface area contributed by atoms with Crippen molar-refractivity contribution in [1.29, 1.82) is 0 Å². The largest absolute Gasteiger partial charge is 0.394 e. The van der Waals surface area contributed by atoms with Gasteiger partial charge < -0.3 is 15.6 Å². The molecule has 3 N–H and O–H groups in total. The van der Waals surface area contributed by atoms with E-state index in [1.54, 1.807) is 0 Å². The van der Waals surface area contributed by atoms with Gasteiger partial charge in [0.25, 0.3) is 0 Å². The Bertz CT molecular complexity index is 157. The van der Waals surface area contributed by atoms with Crippen LogP contribution >= 0.6 is 0 Å². The zero-order chi connectivity index (χ0) is 9.83. The maximum atomic E-state index is 10.6. The summed E-state index contributed by atoms with van der Waals surface area (Å²) in [6, 6.07) is 0. The average Bonchev–Trinajstić information content (AvgIpc) is 2.04. The molecule has 0 heterocycles. The lowest BCUT2D eigenvalue weighted by Gasteiger charge is -2.31. The topological polar surface area (TPSA) is 63.3 Å². The first-order valence-corrected chi connectivity index (χ1v) is 4.25. The Kier molecular flexibility index (Phi) is 3.87. The molecule has 0 saturated carbocycles. The molecule has 72 valence electrons. The average molecular weight is 173 g/mol. The fourth-order valence-corrected chi connectivity index (χ4v) is 1.15. The van der Waals surface area contributed by atoms with E-state index in [1.807, 2.05) is 20.8 Å². The molecule has 0 aliphatic rings. The van der Waals surface area contributed by atoms with E-state index in [4.69, 9.17) is 10.8 Å². The number of hydrogen-bond donors (Lipinski definition) is 2. The van der Waals surface area contributed by atoms with Crippen LogP contribution in [0.15, 0.2) is 0 Å². The van der Waals surface area contributed by atoms with Crippen molar-refractivity contribution in [3.63, 3.8) is 0 Å². The number of carbonyl (C=O) groups excluding carboxylic acids is 1. The normalized spacial score (nSPS) is 17.1. The lowest BCUT2D eigenvalue weighted by molar-refractivity contribution is -0.114. The third-order valence-electron chi connectivity index (χ3n) is 2.29. The molecule has 0 fully saturated rings. The number of aliphatic hydroxyl groups is 1. The zero-order valence-corrected chi connectivity index (χ0v) is 8.13. The molecule has 0 aliphatic heterocycles. The van der Waals surface area contributed by atoms with E-state index >= 15 is 0 Å². The van der Waals surface area contributed by atoms with E-state index in [-0.39, 0.29) is 12.0 Å². The van der Waals surface area contributed by atoms with Gasteiger partial charge in [0.2, 0.25) is 0 Å². The van der Waals surface area contributed by atoms with Gasteiger partial charge in [0.1, 0.15) is 6.29 Å². The standard InChI is InChI=1S/C9H19NO2/c1-4-8(2,3)5-9(10,6-11)7-12/h6,12H,4-5,7,10H2,1-3H3/t9-/m0/s1. The molecule has 3 nitrogen and oxygen atoms in total. The molecular weight excluding hydrogens is 154 g/mol. The number of hydrogen-bond acceptors (Lipinski definition) is 3. The summed E-state index contributed by atoms with van der Waals surface area (Å²) in [5.41, 5.74) is 4.60. The Hall–Kier alpha value is -0.410. The van der Waals surface area contributed by atoms with Crippen molar-refractivity contribution in [1.82, 2.24) is 0 Å². The molecule has 0 saturated heterocycles. The van der Waals surface area contributed by atoms with Gasteiger partial charge in [-0.1, -0.05) is 27.2 Å². The molecule has 0 bridgehead atoms. The lowest BCUT2D eigenvalue weighted by Crippen LogP contribution is -2.48. The maximum Gasteiger partial charge on any atom is 0.142 e. The fourth-order valence-electron chi connectivity index (χ4n) is 1.15. The van der Waals surface area contributed by atoms with Crippen molar-refractivity contribution in [2.24, 2.45) is 11.1 Å². The number of aliphatic hydroxyl groups excluding tert-OH is 1. The third-order valence-corrected chi connectivity index (χ3v) is 2.29. The van der Waals surface area contributed by atoms with E-state index < -0.39 is 5.54 Å². The number of nitrogens with two attached hydrogens (primary N) is 1. The van der Waals surface area contributed by atoms with Crippen LogP contribution in [0.3, 0.4) is 0 Å². The van der Waals surface area contributed by atoms with Crippen molar-refractivity contribution < 1.29 is 9.90 Å². The minimum Gasteiger partial charge on any atom is -0.394 e. The van der Waals surface area contributed by atoms with Crippen molar-refractivity contribution in [2.45, 2.75) is 39.2 Å². The second-order valence-electron chi connectivity index (χ2n) is 4.20. The molecule has 1 atom stereocenters. The van der Waals surface area contributed by atoms with Crippen molar-refractivity contribution >= 4 is 6.29 Å². The van der Waals surface area contributed by atoms with E-state index in [2.05, 4.69) is 0 Å². The molecule has 0 aromatic heterocycles.